The molecule has 2 unspecified atom stereocenters. The molecule has 2 heterocycles. The summed E-state index contributed by atoms with van der Waals surface area (Å²) in [5.74, 6) is 0. The number of hydrogen-bond donors (Lipinski definition) is 1. The molecule has 0 spiro atoms. The van der Waals surface area contributed by atoms with E-state index in [1.54, 1.807) is 11.3 Å². The first-order chi connectivity index (χ1) is 5.38. The van der Waals surface area contributed by atoms with Crippen LogP contribution in [0.25, 0.3) is 0 Å². The third-order valence-electron chi connectivity index (χ3n) is 1.96. The quantitative estimate of drug-likeness (QED) is 0.692. The van der Waals surface area contributed by atoms with E-state index >= 15 is 0 Å². The molecule has 0 radical (unpaired) electrons. The van der Waals surface area contributed by atoms with E-state index in [2.05, 4.69) is 11.4 Å². The van der Waals surface area contributed by atoms with Gasteiger partial charge in [0.2, 0.25) is 0 Å². The first-order valence-corrected chi connectivity index (χ1v) is 4.66. The van der Waals surface area contributed by atoms with Crippen LogP contribution in [0.4, 0.5) is 0 Å². The van der Waals surface area contributed by atoms with Crippen molar-refractivity contribution in [2.75, 3.05) is 6.61 Å². The van der Waals surface area contributed by atoms with Gasteiger partial charge in [-0.2, -0.15) is 0 Å². The minimum absolute atomic E-state index is 0.162. The highest BCUT2D eigenvalue weighted by Gasteiger charge is 2.26. The van der Waals surface area contributed by atoms with E-state index in [1.165, 1.54) is 4.88 Å². The first-order valence-electron chi connectivity index (χ1n) is 3.78. The molecule has 1 aromatic rings. The van der Waals surface area contributed by atoms with Gasteiger partial charge in [0.05, 0.1) is 0 Å². The predicted octanol–water partition coefficient (Wildman–Crippen LogP) is 1.54. The van der Waals surface area contributed by atoms with Crippen molar-refractivity contribution in [3.05, 3.63) is 22.4 Å². The minimum Gasteiger partial charge on any atom is -0.371 e. The number of hydrogen-bond acceptors (Lipinski definition) is 3. The molecule has 1 fully saturated rings. The Balaban J connectivity index is 2.16. The predicted molar refractivity (Wildman–Crippen MR) is 45.6 cm³/mol. The van der Waals surface area contributed by atoms with Crippen molar-refractivity contribution in [3.8, 4) is 0 Å². The van der Waals surface area contributed by atoms with Crippen molar-refractivity contribution in [1.82, 2.24) is 0 Å². The fraction of sp³-hybridized carbons (Fsp3) is 0.500. The average Bonchev–Trinajstić information content (AvgIpc) is 2.55. The summed E-state index contributed by atoms with van der Waals surface area (Å²) < 4.78 is 5.50. The van der Waals surface area contributed by atoms with Crippen molar-refractivity contribution >= 4 is 11.3 Å². The summed E-state index contributed by atoms with van der Waals surface area (Å²) in [6.45, 7) is 0.809. The molecule has 11 heavy (non-hydrogen) atoms. The summed E-state index contributed by atoms with van der Waals surface area (Å²) >= 11 is 1.72. The third-order valence-corrected chi connectivity index (χ3v) is 2.89. The second-order valence-electron chi connectivity index (χ2n) is 2.76. The van der Waals surface area contributed by atoms with Crippen molar-refractivity contribution in [3.63, 3.8) is 0 Å². The summed E-state index contributed by atoms with van der Waals surface area (Å²) in [6.07, 6.45) is 1.15. The smallest absolute Gasteiger partial charge is 0.107 e. The Morgan fingerprint density at radius 3 is 3.09 bits per heavy atom. The molecule has 3 heteroatoms. The van der Waals surface area contributed by atoms with E-state index in [9.17, 15) is 0 Å². The van der Waals surface area contributed by atoms with Crippen molar-refractivity contribution < 1.29 is 4.74 Å². The molecule has 0 amide bonds. The highest BCUT2D eigenvalue weighted by atomic mass is 32.1. The summed E-state index contributed by atoms with van der Waals surface area (Å²) in [5.41, 5.74) is 5.85. The lowest BCUT2D eigenvalue weighted by Crippen LogP contribution is -2.22. The van der Waals surface area contributed by atoms with Crippen LogP contribution in [-0.2, 0) is 4.74 Å². The maximum atomic E-state index is 5.85. The van der Waals surface area contributed by atoms with Gasteiger partial charge in [-0.25, -0.2) is 0 Å². The van der Waals surface area contributed by atoms with Gasteiger partial charge >= 0.3 is 0 Å². The van der Waals surface area contributed by atoms with Crippen LogP contribution in [0.3, 0.4) is 0 Å². The van der Waals surface area contributed by atoms with E-state index in [1.807, 2.05) is 6.07 Å². The molecule has 2 atom stereocenters. The second kappa shape index (κ2) is 2.93. The lowest BCUT2D eigenvalue weighted by Gasteiger charge is -2.11. The standard InChI is InChI=1S/C8H11NOS/c9-6-3-4-10-8(6)7-2-1-5-11-7/h1-2,5-6,8H,3-4,9H2. The zero-order chi connectivity index (χ0) is 7.68. The van der Waals surface area contributed by atoms with Gasteiger partial charge in [0.15, 0.2) is 0 Å². The van der Waals surface area contributed by atoms with Gasteiger partial charge in [0.1, 0.15) is 6.10 Å². The van der Waals surface area contributed by atoms with E-state index in [-0.39, 0.29) is 12.1 Å². The van der Waals surface area contributed by atoms with Crippen LogP contribution < -0.4 is 5.73 Å². The molecule has 0 aliphatic carbocycles. The normalized spacial score (nSPS) is 31.0. The largest absolute Gasteiger partial charge is 0.371 e. The maximum Gasteiger partial charge on any atom is 0.107 e. The van der Waals surface area contributed by atoms with Crippen molar-refractivity contribution in [1.29, 1.82) is 0 Å². The third kappa shape index (κ3) is 1.31. The Morgan fingerprint density at radius 1 is 1.64 bits per heavy atom. The van der Waals surface area contributed by atoms with Crippen LogP contribution in [0.15, 0.2) is 17.5 Å². The molecule has 2 rings (SSSR count). The van der Waals surface area contributed by atoms with Gasteiger partial charge in [0, 0.05) is 17.5 Å². The lowest BCUT2D eigenvalue weighted by atomic mass is 10.1. The monoisotopic (exact) mass is 169 g/mol. The van der Waals surface area contributed by atoms with Crippen molar-refractivity contribution in [2.24, 2.45) is 5.73 Å². The van der Waals surface area contributed by atoms with Gasteiger partial charge < -0.3 is 10.5 Å². The molecule has 0 bridgehead atoms. The number of thiophene rings is 1. The summed E-state index contributed by atoms with van der Waals surface area (Å²) in [5, 5.41) is 2.06. The Labute approximate surface area is 70.0 Å². The lowest BCUT2D eigenvalue weighted by molar-refractivity contribution is 0.108. The summed E-state index contributed by atoms with van der Waals surface area (Å²) in [7, 11) is 0. The zero-order valence-corrected chi connectivity index (χ0v) is 7.01. The van der Waals surface area contributed by atoms with Crippen molar-refractivity contribution in [2.45, 2.75) is 18.6 Å². The van der Waals surface area contributed by atoms with Gasteiger partial charge in [0.25, 0.3) is 0 Å². The van der Waals surface area contributed by atoms with Crippen LogP contribution in [0.1, 0.15) is 17.4 Å². The molecule has 1 aromatic heterocycles. The molecule has 2 N–H and O–H groups in total. The first kappa shape index (κ1) is 7.28. The minimum atomic E-state index is 0.162. The summed E-state index contributed by atoms with van der Waals surface area (Å²) in [4.78, 5) is 1.26. The van der Waals surface area contributed by atoms with E-state index in [0.29, 0.717) is 0 Å². The van der Waals surface area contributed by atoms with E-state index in [4.69, 9.17) is 10.5 Å². The fourth-order valence-electron chi connectivity index (χ4n) is 1.35. The Kier molecular flexibility index (Phi) is 1.94. The van der Waals surface area contributed by atoms with Crippen LogP contribution in [0, 0.1) is 0 Å². The molecular weight excluding hydrogens is 158 g/mol. The number of rotatable bonds is 1. The van der Waals surface area contributed by atoms with Gasteiger partial charge in [-0.05, 0) is 17.9 Å². The molecule has 1 aliphatic rings. The molecule has 1 aliphatic heterocycles. The molecule has 0 aromatic carbocycles. The van der Waals surface area contributed by atoms with Gasteiger partial charge in [-0.1, -0.05) is 6.07 Å². The summed E-state index contributed by atoms with van der Waals surface area (Å²) in [6, 6.07) is 4.32. The Bertz CT molecular complexity index is 222. The van der Waals surface area contributed by atoms with E-state index < -0.39 is 0 Å². The van der Waals surface area contributed by atoms with Crippen LogP contribution in [-0.4, -0.2) is 12.6 Å². The SMILES string of the molecule is NC1CCOC1c1cccs1. The molecule has 60 valence electrons. The molecule has 1 saturated heterocycles. The number of nitrogens with two attached hydrogens (primary N) is 1. The number of ether oxygens (including phenoxy) is 1. The second-order valence-corrected chi connectivity index (χ2v) is 3.74. The van der Waals surface area contributed by atoms with Gasteiger partial charge in [-0.15, -0.1) is 11.3 Å². The zero-order valence-electron chi connectivity index (χ0n) is 6.19. The fourth-order valence-corrected chi connectivity index (χ4v) is 2.20. The highest BCUT2D eigenvalue weighted by molar-refractivity contribution is 7.10. The molecule has 0 saturated carbocycles. The maximum absolute atomic E-state index is 5.85. The van der Waals surface area contributed by atoms with Crippen LogP contribution in [0.2, 0.25) is 0 Å². The Morgan fingerprint density at radius 2 is 2.55 bits per heavy atom. The van der Waals surface area contributed by atoms with Crippen LogP contribution in [0.5, 0.6) is 0 Å². The Hall–Kier alpha value is -0.380. The van der Waals surface area contributed by atoms with Crippen LogP contribution >= 0.6 is 11.3 Å². The molecular formula is C8H11NOS. The highest BCUT2D eigenvalue weighted by Crippen LogP contribution is 2.30. The average molecular weight is 169 g/mol. The topological polar surface area (TPSA) is 35.2 Å². The molecule has 2 nitrogen and oxygen atoms in total. The van der Waals surface area contributed by atoms with E-state index in [0.717, 1.165) is 13.0 Å². The van der Waals surface area contributed by atoms with Gasteiger partial charge in [-0.3, -0.25) is 0 Å².